The molecule has 0 saturated heterocycles. The zero-order chi connectivity index (χ0) is 13.1. The molecule has 0 fully saturated rings. The molecule has 0 aromatic heterocycles. The summed E-state index contributed by atoms with van der Waals surface area (Å²) in [5.41, 5.74) is 1.13. The summed E-state index contributed by atoms with van der Waals surface area (Å²) in [5.74, 6) is 0. The van der Waals surface area contributed by atoms with Gasteiger partial charge in [0, 0.05) is 26.4 Å². The van der Waals surface area contributed by atoms with Gasteiger partial charge >= 0.3 is 9.28 Å². The molecule has 0 bridgehead atoms. The van der Waals surface area contributed by atoms with Crippen molar-refractivity contribution < 1.29 is 18.7 Å². The molecular formula is C13H22O4Si. The zero-order valence-corrected chi connectivity index (χ0v) is 12.0. The van der Waals surface area contributed by atoms with E-state index in [1.807, 2.05) is 30.3 Å². The van der Waals surface area contributed by atoms with Crippen molar-refractivity contribution in [1.29, 1.82) is 0 Å². The number of hydrogen-bond acceptors (Lipinski definition) is 4. The largest absolute Gasteiger partial charge is 0.413 e. The van der Waals surface area contributed by atoms with Crippen molar-refractivity contribution in [1.82, 2.24) is 0 Å². The van der Waals surface area contributed by atoms with Gasteiger partial charge in [-0.3, -0.25) is 0 Å². The van der Waals surface area contributed by atoms with Gasteiger partial charge in [0.2, 0.25) is 0 Å². The molecule has 0 amide bonds. The van der Waals surface area contributed by atoms with Crippen LogP contribution in [0.3, 0.4) is 0 Å². The second kappa shape index (κ2) is 10.2. The quantitative estimate of drug-likeness (QED) is 0.510. The predicted molar refractivity (Wildman–Crippen MR) is 72.8 cm³/mol. The predicted octanol–water partition coefficient (Wildman–Crippen LogP) is 1.05. The van der Waals surface area contributed by atoms with Crippen molar-refractivity contribution in [2.45, 2.75) is 12.5 Å². The molecule has 1 unspecified atom stereocenters. The molecule has 1 rings (SSSR count). The Balaban J connectivity index is 1.99. The van der Waals surface area contributed by atoms with E-state index in [0.29, 0.717) is 32.5 Å². The van der Waals surface area contributed by atoms with Gasteiger partial charge in [-0.05, 0) is 12.0 Å². The summed E-state index contributed by atoms with van der Waals surface area (Å²) in [5, 5.41) is 0. The SMILES string of the molecule is COCCOCCCO[SiH](O)Cc1ccccc1. The lowest BCUT2D eigenvalue weighted by atomic mass is 10.2. The van der Waals surface area contributed by atoms with E-state index < -0.39 is 9.28 Å². The molecule has 0 heterocycles. The lowest BCUT2D eigenvalue weighted by Gasteiger charge is -2.10. The Morgan fingerprint density at radius 3 is 2.56 bits per heavy atom. The normalized spacial score (nSPS) is 12.6. The Bertz CT molecular complexity index is 294. The monoisotopic (exact) mass is 270 g/mol. The number of benzene rings is 1. The van der Waals surface area contributed by atoms with Gasteiger partial charge in [-0.2, -0.15) is 0 Å². The number of rotatable bonds is 10. The highest BCUT2D eigenvalue weighted by molar-refractivity contribution is 6.42. The smallest absolute Gasteiger partial charge is 0.323 e. The standard InChI is InChI=1S/C13H22O4Si/c1-15-10-11-16-8-5-9-17-18(14)12-13-6-3-2-4-7-13/h2-4,6-7,14,18H,5,8-12H2,1H3. The van der Waals surface area contributed by atoms with Crippen LogP contribution in [0.4, 0.5) is 0 Å². The first-order valence-electron chi connectivity index (χ1n) is 6.23. The van der Waals surface area contributed by atoms with Gasteiger partial charge in [0.1, 0.15) is 0 Å². The second-order valence-electron chi connectivity index (χ2n) is 3.97. The molecule has 1 atom stereocenters. The van der Waals surface area contributed by atoms with Crippen LogP contribution in [0.25, 0.3) is 0 Å². The average molecular weight is 270 g/mol. The average Bonchev–Trinajstić information content (AvgIpc) is 2.39. The summed E-state index contributed by atoms with van der Waals surface area (Å²) < 4.78 is 15.6. The summed E-state index contributed by atoms with van der Waals surface area (Å²) in [6.45, 7) is 2.44. The first-order valence-corrected chi connectivity index (χ1v) is 8.03. The van der Waals surface area contributed by atoms with Crippen molar-refractivity contribution in [2.24, 2.45) is 0 Å². The maximum absolute atomic E-state index is 9.80. The maximum atomic E-state index is 9.80. The van der Waals surface area contributed by atoms with Gasteiger partial charge in [-0.15, -0.1) is 0 Å². The summed E-state index contributed by atoms with van der Waals surface area (Å²) >= 11 is 0. The lowest BCUT2D eigenvalue weighted by Crippen LogP contribution is -2.22. The van der Waals surface area contributed by atoms with E-state index >= 15 is 0 Å². The van der Waals surface area contributed by atoms with Gasteiger partial charge in [0.05, 0.1) is 13.2 Å². The Morgan fingerprint density at radius 2 is 1.83 bits per heavy atom. The van der Waals surface area contributed by atoms with Crippen LogP contribution >= 0.6 is 0 Å². The van der Waals surface area contributed by atoms with Crippen LogP contribution in [0.2, 0.25) is 0 Å². The van der Waals surface area contributed by atoms with E-state index in [1.165, 1.54) is 0 Å². The van der Waals surface area contributed by atoms with E-state index in [2.05, 4.69) is 0 Å². The fourth-order valence-electron chi connectivity index (χ4n) is 1.50. The minimum Gasteiger partial charge on any atom is -0.413 e. The van der Waals surface area contributed by atoms with Crippen LogP contribution < -0.4 is 0 Å². The number of ether oxygens (including phenoxy) is 2. The Labute approximate surface area is 110 Å². The van der Waals surface area contributed by atoms with Crippen molar-refractivity contribution in [3.63, 3.8) is 0 Å². The van der Waals surface area contributed by atoms with Gasteiger partial charge in [0.25, 0.3) is 0 Å². The molecule has 1 N–H and O–H groups in total. The second-order valence-corrected chi connectivity index (χ2v) is 5.62. The van der Waals surface area contributed by atoms with E-state index in [9.17, 15) is 4.80 Å². The van der Waals surface area contributed by atoms with E-state index in [-0.39, 0.29) is 0 Å². The molecule has 0 radical (unpaired) electrons. The van der Waals surface area contributed by atoms with Gasteiger partial charge < -0.3 is 18.7 Å². The van der Waals surface area contributed by atoms with Gasteiger partial charge in [-0.1, -0.05) is 30.3 Å². The number of methoxy groups -OCH3 is 1. The molecule has 0 saturated carbocycles. The molecule has 0 aliphatic carbocycles. The third-order valence-electron chi connectivity index (χ3n) is 2.43. The van der Waals surface area contributed by atoms with Crippen LogP contribution in [0.5, 0.6) is 0 Å². The van der Waals surface area contributed by atoms with Gasteiger partial charge in [-0.25, -0.2) is 0 Å². The molecule has 0 spiro atoms. The highest BCUT2D eigenvalue weighted by Crippen LogP contribution is 2.02. The van der Waals surface area contributed by atoms with Crippen molar-refractivity contribution in [3.8, 4) is 0 Å². The van der Waals surface area contributed by atoms with Crippen LogP contribution in [-0.2, 0) is 19.9 Å². The first-order chi connectivity index (χ1) is 8.83. The zero-order valence-electron chi connectivity index (χ0n) is 10.9. The molecule has 4 nitrogen and oxygen atoms in total. The van der Waals surface area contributed by atoms with Crippen molar-refractivity contribution >= 4 is 9.28 Å². The fraction of sp³-hybridized carbons (Fsp3) is 0.538. The summed E-state index contributed by atoms with van der Waals surface area (Å²) in [6, 6.07) is 10.6. The van der Waals surface area contributed by atoms with E-state index in [4.69, 9.17) is 13.9 Å². The fourth-order valence-corrected chi connectivity index (χ4v) is 2.73. The highest BCUT2D eigenvalue weighted by Gasteiger charge is 2.08. The Kier molecular flexibility index (Phi) is 8.71. The summed E-state index contributed by atoms with van der Waals surface area (Å²) in [4.78, 5) is 9.80. The third-order valence-corrected chi connectivity index (χ3v) is 3.87. The first kappa shape index (κ1) is 15.3. The molecule has 1 aromatic rings. The van der Waals surface area contributed by atoms with E-state index in [0.717, 1.165) is 12.0 Å². The molecule has 18 heavy (non-hydrogen) atoms. The highest BCUT2D eigenvalue weighted by atomic mass is 28.3. The van der Waals surface area contributed by atoms with Crippen molar-refractivity contribution in [2.75, 3.05) is 33.5 Å². The minimum absolute atomic E-state index is 0.563. The molecule has 0 aliphatic heterocycles. The van der Waals surface area contributed by atoms with Crippen LogP contribution in [0.15, 0.2) is 30.3 Å². The molecule has 102 valence electrons. The Morgan fingerprint density at radius 1 is 1.06 bits per heavy atom. The lowest BCUT2D eigenvalue weighted by molar-refractivity contribution is 0.0632. The van der Waals surface area contributed by atoms with Gasteiger partial charge in [0.15, 0.2) is 0 Å². The Hall–Kier alpha value is -0.723. The number of hydrogen-bond donors (Lipinski definition) is 1. The molecule has 0 aliphatic rings. The topological polar surface area (TPSA) is 47.9 Å². The van der Waals surface area contributed by atoms with Crippen LogP contribution in [0, 0.1) is 0 Å². The summed E-state index contributed by atoms with van der Waals surface area (Å²) in [7, 11) is -0.423. The maximum Gasteiger partial charge on any atom is 0.323 e. The van der Waals surface area contributed by atoms with Crippen molar-refractivity contribution in [3.05, 3.63) is 35.9 Å². The molecule has 1 aromatic carbocycles. The molecule has 5 heteroatoms. The third kappa shape index (κ3) is 7.57. The minimum atomic E-state index is -2.07. The van der Waals surface area contributed by atoms with Crippen LogP contribution in [0.1, 0.15) is 12.0 Å². The summed E-state index contributed by atoms with van der Waals surface area (Å²) in [6.07, 6.45) is 0.808. The van der Waals surface area contributed by atoms with Crippen LogP contribution in [-0.4, -0.2) is 47.6 Å². The molecular weight excluding hydrogens is 248 g/mol. The van der Waals surface area contributed by atoms with E-state index in [1.54, 1.807) is 7.11 Å².